The van der Waals surface area contributed by atoms with E-state index >= 15 is 0 Å². The zero-order valence-electron chi connectivity index (χ0n) is 11.7. The Morgan fingerprint density at radius 1 is 1.36 bits per heavy atom. The Morgan fingerprint density at radius 3 is 2.45 bits per heavy atom. The van der Waals surface area contributed by atoms with Gasteiger partial charge >= 0.3 is 12.1 Å². The Balaban J connectivity index is 2.16. The summed E-state index contributed by atoms with van der Waals surface area (Å²) in [6.07, 6.45) is -4.20. The van der Waals surface area contributed by atoms with Crippen molar-refractivity contribution in [1.82, 2.24) is 5.32 Å². The molecule has 1 aromatic rings. The number of amides is 1. The zero-order valence-corrected chi connectivity index (χ0v) is 11.7. The van der Waals surface area contributed by atoms with E-state index < -0.39 is 35.6 Å². The van der Waals surface area contributed by atoms with Crippen LogP contribution in [0.25, 0.3) is 0 Å². The second kappa shape index (κ2) is 5.51. The molecule has 1 aromatic carbocycles. The number of hydrogen-bond acceptors (Lipinski definition) is 3. The summed E-state index contributed by atoms with van der Waals surface area (Å²) < 4.78 is 43.8. The summed E-state index contributed by atoms with van der Waals surface area (Å²) in [4.78, 5) is 22.8. The number of carboxylic acids is 1. The van der Waals surface area contributed by atoms with Gasteiger partial charge in [-0.1, -0.05) is 6.07 Å². The summed E-state index contributed by atoms with van der Waals surface area (Å²) in [5, 5.41) is 11.2. The van der Waals surface area contributed by atoms with Crippen molar-refractivity contribution < 1.29 is 32.6 Å². The smallest absolute Gasteiger partial charge is 0.416 e. The van der Waals surface area contributed by atoms with Crippen molar-refractivity contribution in [3.63, 3.8) is 0 Å². The van der Waals surface area contributed by atoms with Gasteiger partial charge in [0.05, 0.1) is 12.7 Å². The highest BCUT2D eigenvalue weighted by Crippen LogP contribution is 2.46. The SMILES string of the molecule is COc1ccc(CNC(=O)C2(C(=O)O)CC2)c(C(F)(F)F)c1. The molecule has 22 heavy (non-hydrogen) atoms. The molecule has 1 fully saturated rings. The summed E-state index contributed by atoms with van der Waals surface area (Å²) in [5.41, 5.74) is -2.56. The van der Waals surface area contributed by atoms with E-state index in [1.54, 1.807) is 0 Å². The van der Waals surface area contributed by atoms with Crippen molar-refractivity contribution in [2.24, 2.45) is 5.41 Å². The van der Waals surface area contributed by atoms with Crippen LogP contribution in [0.2, 0.25) is 0 Å². The van der Waals surface area contributed by atoms with Gasteiger partial charge in [-0.15, -0.1) is 0 Å². The number of carbonyl (C=O) groups is 2. The van der Waals surface area contributed by atoms with Crippen LogP contribution in [0.3, 0.4) is 0 Å². The van der Waals surface area contributed by atoms with Crippen LogP contribution in [0.15, 0.2) is 18.2 Å². The first-order valence-corrected chi connectivity index (χ1v) is 6.46. The van der Waals surface area contributed by atoms with Gasteiger partial charge in [-0.25, -0.2) is 0 Å². The van der Waals surface area contributed by atoms with Crippen molar-refractivity contribution in [1.29, 1.82) is 0 Å². The Bertz CT molecular complexity index is 609. The third-order valence-electron chi connectivity index (χ3n) is 3.66. The molecule has 2 N–H and O–H groups in total. The quantitative estimate of drug-likeness (QED) is 0.816. The topological polar surface area (TPSA) is 75.6 Å². The van der Waals surface area contributed by atoms with Crippen LogP contribution in [-0.2, 0) is 22.3 Å². The molecular weight excluding hydrogens is 303 g/mol. The third kappa shape index (κ3) is 3.00. The van der Waals surface area contributed by atoms with E-state index in [4.69, 9.17) is 9.84 Å². The van der Waals surface area contributed by atoms with Crippen molar-refractivity contribution in [2.45, 2.75) is 25.6 Å². The van der Waals surface area contributed by atoms with E-state index in [9.17, 15) is 22.8 Å². The predicted molar refractivity (Wildman–Crippen MR) is 69.1 cm³/mol. The number of ether oxygens (including phenoxy) is 1. The van der Waals surface area contributed by atoms with Gasteiger partial charge < -0.3 is 15.2 Å². The summed E-state index contributed by atoms with van der Waals surface area (Å²) >= 11 is 0. The molecule has 0 heterocycles. The largest absolute Gasteiger partial charge is 0.497 e. The van der Waals surface area contributed by atoms with Crippen LogP contribution < -0.4 is 10.1 Å². The van der Waals surface area contributed by atoms with E-state index in [0.29, 0.717) is 0 Å². The number of carboxylic acid groups (broad SMARTS) is 1. The van der Waals surface area contributed by atoms with E-state index in [-0.39, 0.29) is 24.2 Å². The average molecular weight is 317 g/mol. The molecule has 1 aliphatic rings. The zero-order chi connectivity index (χ0) is 16.5. The summed E-state index contributed by atoms with van der Waals surface area (Å²) in [6, 6.07) is 3.38. The van der Waals surface area contributed by atoms with Crippen LogP contribution >= 0.6 is 0 Å². The Kier molecular flexibility index (Phi) is 4.04. The number of halogens is 3. The van der Waals surface area contributed by atoms with Gasteiger partial charge in [0.2, 0.25) is 5.91 Å². The van der Waals surface area contributed by atoms with Crippen molar-refractivity contribution in [3.8, 4) is 5.75 Å². The average Bonchev–Trinajstić information content (AvgIpc) is 3.25. The Morgan fingerprint density at radius 2 is 2.00 bits per heavy atom. The summed E-state index contributed by atoms with van der Waals surface area (Å²) in [5.74, 6) is -1.97. The molecule has 1 aliphatic carbocycles. The lowest BCUT2D eigenvalue weighted by Gasteiger charge is -2.16. The third-order valence-corrected chi connectivity index (χ3v) is 3.66. The fourth-order valence-corrected chi connectivity index (χ4v) is 2.11. The molecule has 0 spiro atoms. The molecule has 0 aliphatic heterocycles. The van der Waals surface area contributed by atoms with Crippen molar-refractivity contribution >= 4 is 11.9 Å². The number of hydrogen-bond donors (Lipinski definition) is 2. The second-order valence-corrected chi connectivity index (χ2v) is 5.09. The summed E-state index contributed by atoms with van der Waals surface area (Å²) in [7, 11) is 1.25. The van der Waals surface area contributed by atoms with Gasteiger partial charge in [-0.3, -0.25) is 9.59 Å². The predicted octanol–water partition coefficient (Wildman–Crippen LogP) is 2.20. The number of nitrogens with one attached hydrogen (secondary N) is 1. The second-order valence-electron chi connectivity index (χ2n) is 5.09. The van der Waals surface area contributed by atoms with Crippen LogP contribution in [0.4, 0.5) is 13.2 Å². The maximum Gasteiger partial charge on any atom is 0.416 e. The number of methoxy groups -OCH3 is 1. The van der Waals surface area contributed by atoms with E-state index in [0.717, 1.165) is 6.07 Å². The molecule has 0 aromatic heterocycles. The minimum Gasteiger partial charge on any atom is -0.497 e. The van der Waals surface area contributed by atoms with Crippen LogP contribution in [0, 0.1) is 5.41 Å². The van der Waals surface area contributed by atoms with Gasteiger partial charge in [0.25, 0.3) is 0 Å². The molecule has 8 heteroatoms. The number of carbonyl (C=O) groups excluding carboxylic acids is 1. The van der Waals surface area contributed by atoms with E-state index in [1.165, 1.54) is 19.2 Å². The number of alkyl halides is 3. The molecule has 0 unspecified atom stereocenters. The first-order chi connectivity index (χ1) is 10.2. The lowest BCUT2D eigenvalue weighted by molar-refractivity contribution is -0.149. The van der Waals surface area contributed by atoms with Crippen molar-refractivity contribution in [3.05, 3.63) is 29.3 Å². The molecule has 5 nitrogen and oxygen atoms in total. The molecular formula is C14H14F3NO4. The van der Waals surface area contributed by atoms with E-state index in [2.05, 4.69) is 5.32 Å². The lowest BCUT2D eigenvalue weighted by atomic mass is 10.0. The molecule has 0 bridgehead atoms. The Hall–Kier alpha value is -2.25. The minimum absolute atomic E-state index is 0.0478. The van der Waals surface area contributed by atoms with Crippen LogP contribution in [0.1, 0.15) is 24.0 Å². The molecule has 1 saturated carbocycles. The van der Waals surface area contributed by atoms with E-state index in [1.807, 2.05) is 0 Å². The molecule has 0 radical (unpaired) electrons. The highest BCUT2D eigenvalue weighted by atomic mass is 19.4. The fourth-order valence-electron chi connectivity index (χ4n) is 2.11. The van der Waals surface area contributed by atoms with Gasteiger partial charge in [0, 0.05) is 6.54 Å². The highest BCUT2D eigenvalue weighted by Gasteiger charge is 2.57. The number of aliphatic carboxylic acids is 1. The van der Waals surface area contributed by atoms with Crippen LogP contribution in [-0.4, -0.2) is 24.1 Å². The molecule has 0 saturated heterocycles. The highest BCUT2D eigenvalue weighted by molar-refractivity contribution is 6.04. The maximum atomic E-state index is 13.0. The standard InChI is InChI=1S/C14H14F3NO4/c1-22-9-3-2-8(10(6-9)14(15,16)17)7-18-11(19)13(4-5-13)12(20)21/h2-3,6H,4-5,7H2,1H3,(H,18,19)(H,20,21). The first kappa shape index (κ1) is 16.1. The minimum atomic E-state index is -4.60. The molecule has 120 valence electrons. The molecule has 2 rings (SSSR count). The maximum absolute atomic E-state index is 13.0. The van der Waals surface area contributed by atoms with Crippen LogP contribution in [0.5, 0.6) is 5.75 Å². The normalized spacial score (nSPS) is 16.0. The van der Waals surface area contributed by atoms with Gasteiger partial charge in [0.15, 0.2) is 0 Å². The molecule has 0 atom stereocenters. The lowest BCUT2D eigenvalue weighted by Crippen LogP contribution is -2.36. The monoisotopic (exact) mass is 317 g/mol. The Labute approximate surface area is 124 Å². The van der Waals surface area contributed by atoms with Gasteiger partial charge in [-0.05, 0) is 30.5 Å². The molecule has 1 amide bonds. The summed E-state index contributed by atoms with van der Waals surface area (Å²) in [6.45, 7) is -0.396. The first-order valence-electron chi connectivity index (χ1n) is 6.46. The van der Waals surface area contributed by atoms with Gasteiger partial charge in [-0.2, -0.15) is 13.2 Å². The van der Waals surface area contributed by atoms with Crippen molar-refractivity contribution in [2.75, 3.05) is 7.11 Å². The fraction of sp³-hybridized carbons (Fsp3) is 0.429. The number of rotatable bonds is 5. The van der Waals surface area contributed by atoms with Gasteiger partial charge in [0.1, 0.15) is 11.2 Å². The number of benzene rings is 1.